The molecule has 0 aliphatic carbocycles. The molecular weight excluding hydrogens is 360 g/mol. The third kappa shape index (κ3) is 6.01. The lowest BCUT2D eigenvalue weighted by molar-refractivity contribution is -0.384. The summed E-state index contributed by atoms with van der Waals surface area (Å²) in [5.74, 6) is -0.643. The van der Waals surface area contributed by atoms with Crippen LogP contribution in [0.2, 0.25) is 0 Å². The van der Waals surface area contributed by atoms with Crippen molar-refractivity contribution in [1.82, 2.24) is 5.43 Å². The maximum Gasteiger partial charge on any atom is 0.269 e. The number of benzene rings is 2. The van der Waals surface area contributed by atoms with Gasteiger partial charge in [0, 0.05) is 30.7 Å². The van der Waals surface area contributed by atoms with Crippen LogP contribution in [0, 0.1) is 24.0 Å². The highest BCUT2D eigenvalue weighted by atomic mass is 16.6. The van der Waals surface area contributed by atoms with Crippen LogP contribution >= 0.6 is 0 Å². The molecular formula is C20H22N4O4. The molecule has 0 bridgehead atoms. The van der Waals surface area contributed by atoms with Crippen LogP contribution in [0.25, 0.3) is 0 Å². The number of nitro benzene ring substituents is 1. The van der Waals surface area contributed by atoms with Crippen molar-refractivity contribution in [2.75, 3.05) is 5.32 Å². The van der Waals surface area contributed by atoms with Crippen LogP contribution in [0.15, 0.2) is 47.6 Å². The average molecular weight is 382 g/mol. The summed E-state index contributed by atoms with van der Waals surface area (Å²) in [5.41, 5.74) is 6.32. The van der Waals surface area contributed by atoms with Gasteiger partial charge < -0.3 is 5.32 Å². The van der Waals surface area contributed by atoms with Crippen LogP contribution in [0.3, 0.4) is 0 Å². The predicted octanol–water partition coefficient (Wildman–Crippen LogP) is 3.47. The van der Waals surface area contributed by atoms with Crippen molar-refractivity contribution in [2.45, 2.75) is 33.6 Å². The summed E-state index contributed by atoms with van der Waals surface area (Å²) in [5, 5.41) is 17.4. The molecule has 0 aliphatic rings. The molecule has 2 N–H and O–H groups in total. The van der Waals surface area contributed by atoms with E-state index >= 15 is 0 Å². The molecule has 0 aliphatic heterocycles. The van der Waals surface area contributed by atoms with Gasteiger partial charge in [0.25, 0.3) is 5.69 Å². The van der Waals surface area contributed by atoms with Crippen LogP contribution < -0.4 is 10.7 Å². The summed E-state index contributed by atoms with van der Waals surface area (Å²) in [6, 6.07) is 11.6. The number of hydrazone groups is 1. The fraction of sp³-hybridized carbons (Fsp3) is 0.250. The van der Waals surface area contributed by atoms with Crippen LogP contribution in [0.1, 0.15) is 36.5 Å². The van der Waals surface area contributed by atoms with E-state index in [-0.39, 0.29) is 24.4 Å². The molecule has 0 heterocycles. The second-order valence-corrected chi connectivity index (χ2v) is 6.40. The smallest absolute Gasteiger partial charge is 0.269 e. The highest BCUT2D eigenvalue weighted by Gasteiger charge is 2.09. The number of anilines is 1. The molecule has 8 heteroatoms. The average Bonchev–Trinajstić information content (AvgIpc) is 2.66. The summed E-state index contributed by atoms with van der Waals surface area (Å²) in [7, 11) is 0. The summed E-state index contributed by atoms with van der Waals surface area (Å²) in [4.78, 5) is 34.1. The number of hydrogen-bond acceptors (Lipinski definition) is 5. The van der Waals surface area contributed by atoms with Gasteiger partial charge in [-0.25, -0.2) is 5.43 Å². The van der Waals surface area contributed by atoms with Crippen molar-refractivity contribution < 1.29 is 14.5 Å². The maximum atomic E-state index is 12.0. The lowest BCUT2D eigenvalue weighted by Gasteiger charge is -2.09. The van der Waals surface area contributed by atoms with E-state index in [0.29, 0.717) is 11.3 Å². The molecule has 0 spiro atoms. The van der Waals surface area contributed by atoms with Gasteiger partial charge in [-0.2, -0.15) is 5.10 Å². The Bertz CT molecular complexity index is 920. The number of aryl methyl sites for hydroxylation is 2. The standard InChI is InChI=1S/C20H22N4O4/c1-13-4-9-18(14(2)12-13)21-19(25)10-11-20(26)23-22-15(3)16-5-7-17(8-6-16)24(27)28/h4-9,12H,10-11H2,1-3H3,(H,21,25)(H,23,26)/b22-15+. The minimum absolute atomic E-state index is 0.00617. The zero-order valence-electron chi connectivity index (χ0n) is 16.0. The summed E-state index contributed by atoms with van der Waals surface area (Å²) in [6.07, 6.45) is 0.0268. The zero-order chi connectivity index (χ0) is 20.7. The Morgan fingerprint density at radius 3 is 2.29 bits per heavy atom. The molecule has 0 saturated heterocycles. The van der Waals surface area contributed by atoms with E-state index in [1.807, 2.05) is 32.0 Å². The van der Waals surface area contributed by atoms with E-state index in [4.69, 9.17) is 0 Å². The third-order valence-corrected chi connectivity index (χ3v) is 4.08. The van der Waals surface area contributed by atoms with Crippen molar-refractivity contribution in [3.8, 4) is 0 Å². The van der Waals surface area contributed by atoms with Crippen molar-refractivity contribution in [2.24, 2.45) is 5.10 Å². The monoisotopic (exact) mass is 382 g/mol. The quantitative estimate of drug-likeness (QED) is 0.433. The van der Waals surface area contributed by atoms with Crippen LogP contribution in [0.4, 0.5) is 11.4 Å². The molecule has 2 rings (SSSR count). The minimum atomic E-state index is -0.485. The van der Waals surface area contributed by atoms with Crippen LogP contribution in [-0.2, 0) is 9.59 Å². The van der Waals surface area contributed by atoms with E-state index in [9.17, 15) is 19.7 Å². The van der Waals surface area contributed by atoms with Gasteiger partial charge in [-0.3, -0.25) is 19.7 Å². The number of nitrogens with one attached hydrogen (secondary N) is 2. The minimum Gasteiger partial charge on any atom is -0.326 e. The number of non-ortho nitro benzene ring substituents is 1. The summed E-state index contributed by atoms with van der Waals surface area (Å²) >= 11 is 0. The Balaban J connectivity index is 1.83. The van der Waals surface area contributed by atoms with Gasteiger partial charge in [0.15, 0.2) is 0 Å². The fourth-order valence-electron chi connectivity index (χ4n) is 2.48. The first-order valence-electron chi connectivity index (χ1n) is 8.71. The van der Waals surface area contributed by atoms with E-state index < -0.39 is 10.8 Å². The molecule has 0 aromatic heterocycles. The number of carbonyl (C=O) groups is 2. The highest BCUT2D eigenvalue weighted by Crippen LogP contribution is 2.16. The van der Waals surface area contributed by atoms with Gasteiger partial charge in [-0.15, -0.1) is 0 Å². The van der Waals surface area contributed by atoms with Gasteiger partial charge in [-0.05, 0) is 50.1 Å². The maximum absolute atomic E-state index is 12.0. The Morgan fingerprint density at radius 1 is 1.04 bits per heavy atom. The first-order valence-corrected chi connectivity index (χ1v) is 8.71. The molecule has 146 valence electrons. The predicted molar refractivity (Wildman–Crippen MR) is 107 cm³/mol. The van der Waals surface area contributed by atoms with Crippen LogP contribution in [0.5, 0.6) is 0 Å². The van der Waals surface area contributed by atoms with Gasteiger partial charge in [0.05, 0.1) is 10.6 Å². The number of amides is 2. The second kappa shape index (κ2) is 9.40. The van der Waals surface area contributed by atoms with Gasteiger partial charge in [0.1, 0.15) is 0 Å². The Hall–Kier alpha value is -3.55. The summed E-state index contributed by atoms with van der Waals surface area (Å²) < 4.78 is 0. The number of nitrogens with zero attached hydrogens (tertiary/aromatic N) is 2. The normalized spacial score (nSPS) is 11.0. The molecule has 2 aromatic rings. The second-order valence-electron chi connectivity index (χ2n) is 6.40. The molecule has 28 heavy (non-hydrogen) atoms. The van der Waals surface area contributed by atoms with E-state index in [0.717, 1.165) is 16.8 Å². The molecule has 8 nitrogen and oxygen atoms in total. The third-order valence-electron chi connectivity index (χ3n) is 4.08. The Kier molecular flexibility index (Phi) is 6.97. The number of rotatable bonds is 7. The van der Waals surface area contributed by atoms with Gasteiger partial charge >= 0.3 is 0 Å². The molecule has 0 radical (unpaired) electrons. The molecule has 0 fully saturated rings. The first kappa shape index (κ1) is 20.8. The SMILES string of the molecule is C/C(=N\NC(=O)CCC(=O)Nc1ccc(C)cc1C)c1ccc([N+](=O)[O-])cc1. The molecule has 0 saturated carbocycles. The fourth-order valence-corrected chi connectivity index (χ4v) is 2.48. The Morgan fingerprint density at radius 2 is 1.68 bits per heavy atom. The van der Waals surface area contributed by atoms with E-state index in [2.05, 4.69) is 15.8 Å². The number of carbonyl (C=O) groups excluding carboxylic acids is 2. The molecule has 0 atom stereocenters. The van der Waals surface area contributed by atoms with E-state index in [1.165, 1.54) is 12.1 Å². The van der Waals surface area contributed by atoms with Crippen molar-refractivity contribution in [1.29, 1.82) is 0 Å². The molecule has 2 aromatic carbocycles. The van der Waals surface area contributed by atoms with Gasteiger partial charge in [0.2, 0.25) is 11.8 Å². The first-order chi connectivity index (χ1) is 13.3. The Labute approximate surface area is 162 Å². The topological polar surface area (TPSA) is 114 Å². The number of nitro groups is 1. The molecule has 0 unspecified atom stereocenters. The van der Waals surface area contributed by atoms with Crippen molar-refractivity contribution in [3.05, 3.63) is 69.3 Å². The van der Waals surface area contributed by atoms with Crippen molar-refractivity contribution in [3.63, 3.8) is 0 Å². The lowest BCUT2D eigenvalue weighted by Crippen LogP contribution is -2.22. The van der Waals surface area contributed by atoms with E-state index in [1.54, 1.807) is 19.1 Å². The largest absolute Gasteiger partial charge is 0.326 e. The van der Waals surface area contributed by atoms with Crippen molar-refractivity contribution >= 4 is 28.9 Å². The summed E-state index contributed by atoms with van der Waals surface area (Å²) in [6.45, 7) is 5.56. The van der Waals surface area contributed by atoms with Crippen LogP contribution in [-0.4, -0.2) is 22.4 Å². The zero-order valence-corrected chi connectivity index (χ0v) is 16.0. The molecule has 2 amide bonds. The van der Waals surface area contributed by atoms with Gasteiger partial charge in [-0.1, -0.05) is 17.7 Å². The lowest BCUT2D eigenvalue weighted by atomic mass is 10.1. The highest BCUT2D eigenvalue weighted by molar-refractivity contribution is 5.99. The number of hydrogen-bond donors (Lipinski definition) is 2.